The highest BCUT2D eigenvalue weighted by Gasteiger charge is 2.30. The Morgan fingerprint density at radius 2 is 1.88 bits per heavy atom. The lowest BCUT2D eigenvalue weighted by Crippen LogP contribution is -2.45. The van der Waals surface area contributed by atoms with Crippen molar-refractivity contribution in [1.29, 1.82) is 0 Å². The number of carbonyl (C=O) groups excluding carboxylic acids is 1. The van der Waals surface area contributed by atoms with E-state index in [1.165, 1.54) is 12.8 Å². The number of hydrogen-bond donors (Lipinski definition) is 3. The molecule has 0 atom stereocenters. The molecule has 0 heterocycles. The number of halogens is 1. The van der Waals surface area contributed by atoms with E-state index in [9.17, 15) is 4.79 Å². The fraction of sp³-hybridized carbons (Fsp3) is 0.882. The Hall–Kier alpha value is -0.570. The van der Waals surface area contributed by atoms with Gasteiger partial charge >= 0.3 is 0 Å². The number of aliphatic imine (C=N–C) groups is 1. The van der Waals surface area contributed by atoms with Gasteiger partial charge in [0.25, 0.3) is 0 Å². The molecule has 1 amide bonds. The van der Waals surface area contributed by atoms with E-state index in [1.54, 1.807) is 0 Å². The van der Waals surface area contributed by atoms with Crippen LogP contribution in [0.2, 0.25) is 0 Å². The maximum Gasteiger partial charge on any atom is 0.242 e. The van der Waals surface area contributed by atoms with Gasteiger partial charge in [-0.05, 0) is 54.4 Å². The van der Waals surface area contributed by atoms with Crippen molar-refractivity contribution < 1.29 is 4.79 Å². The second-order valence-corrected chi connectivity index (χ2v) is 7.48. The van der Waals surface area contributed by atoms with Crippen LogP contribution in [0.3, 0.4) is 0 Å². The van der Waals surface area contributed by atoms with Crippen molar-refractivity contribution in [1.82, 2.24) is 20.9 Å². The molecular weight excluding hydrogens is 417 g/mol. The molecule has 7 heteroatoms. The van der Waals surface area contributed by atoms with Gasteiger partial charge in [0.05, 0.1) is 0 Å². The smallest absolute Gasteiger partial charge is 0.242 e. The zero-order valence-corrected chi connectivity index (χ0v) is 18.4. The minimum Gasteiger partial charge on any atom is -0.357 e. The molecule has 1 rings (SSSR count). The van der Waals surface area contributed by atoms with Gasteiger partial charge in [0.15, 0.2) is 5.96 Å². The molecule has 0 radical (unpaired) electrons. The molecule has 1 aliphatic rings. The quantitative estimate of drug-likeness (QED) is 0.299. The van der Waals surface area contributed by atoms with Gasteiger partial charge in [-0.3, -0.25) is 9.69 Å². The van der Waals surface area contributed by atoms with E-state index in [1.807, 2.05) is 27.7 Å². The first kappa shape index (κ1) is 23.4. The molecule has 0 aromatic heterocycles. The van der Waals surface area contributed by atoms with Crippen molar-refractivity contribution in [3.8, 4) is 0 Å². The summed E-state index contributed by atoms with van der Waals surface area (Å²) in [5, 5.41) is 9.43. The summed E-state index contributed by atoms with van der Waals surface area (Å²) in [4.78, 5) is 18.7. The lowest BCUT2D eigenvalue weighted by molar-refractivity contribution is -0.121. The summed E-state index contributed by atoms with van der Waals surface area (Å²) < 4.78 is 0. The van der Waals surface area contributed by atoms with Crippen LogP contribution in [0.5, 0.6) is 0 Å². The molecule has 142 valence electrons. The minimum absolute atomic E-state index is 0. The fourth-order valence-corrected chi connectivity index (χ4v) is 2.52. The highest BCUT2D eigenvalue weighted by molar-refractivity contribution is 14.0. The van der Waals surface area contributed by atoms with Gasteiger partial charge in [-0.25, -0.2) is 4.99 Å². The molecule has 1 aliphatic carbocycles. The molecule has 0 aromatic carbocycles. The summed E-state index contributed by atoms with van der Waals surface area (Å²) >= 11 is 0. The van der Waals surface area contributed by atoms with E-state index in [0.717, 1.165) is 25.7 Å². The SMILES string of the molecule is CCNC(=NCC(=O)NC(C)(C)C)NCCN(C(C)C)C1CC1.I. The van der Waals surface area contributed by atoms with E-state index in [-0.39, 0.29) is 42.0 Å². The molecule has 0 aliphatic heterocycles. The molecule has 0 spiro atoms. The molecule has 1 fully saturated rings. The molecule has 6 nitrogen and oxygen atoms in total. The van der Waals surface area contributed by atoms with Crippen LogP contribution in [0.1, 0.15) is 54.4 Å². The number of nitrogens with one attached hydrogen (secondary N) is 3. The van der Waals surface area contributed by atoms with Gasteiger partial charge in [-0.2, -0.15) is 0 Å². The Balaban J connectivity index is 0.00000529. The van der Waals surface area contributed by atoms with Crippen LogP contribution in [-0.2, 0) is 4.79 Å². The van der Waals surface area contributed by atoms with Crippen LogP contribution in [0.4, 0.5) is 0 Å². The van der Waals surface area contributed by atoms with Crippen molar-refractivity contribution in [2.75, 3.05) is 26.2 Å². The number of amides is 1. The first-order valence-electron chi connectivity index (χ1n) is 8.82. The van der Waals surface area contributed by atoms with Crippen molar-refractivity contribution in [3.63, 3.8) is 0 Å². The van der Waals surface area contributed by atoms with Crippen molar-refractivity contribution >= 4 is 35.8 Å². The van der Waals surface area contributed by atoms with Crippen molar-refractivity contribution in [3.05, 3.63) is 0 Å². The largest absolute Gasteiger partial charge is 0.357 e. The van der Waals surface area contributed by atoms with Gasteiger partial charge < -0.3 is 16.0 Å². The number of nitrogens with zero attached hydrogens (tertiary/aromatic N) is 2. The van der Waals surface area contributed by atoms with Gasteiger partial charge in [0.2, 0.25) is 5.91 Å². The standard InChI is InChI=1S/C17H35N5O.HI/c1-7-18-16(20-12-15(23)21-17(4,5)6)19-10-11-22(13(2)3)14-8-9-14;/h13-14H,7-12H2,1-6H3,(H,21,23)(H2,18,19,20);1H. The second kappa shape index (κ2) is 11.1. The molecule has 0 aromatic rings. The molecule has 0 saturated heterocycles. The van der Waals surface area contributed by atoms with Gasteiger partial charge in [0, 0.05) is 37.3 Å². The zero-order chi connectivity index (χ0) is 17.5. The Bertz CT molecular complexity index is 400. The topological polar surface area (TPSA) is 68.8 Å². The Labute approximate surface area is 164 Å². The van der Waals surface area contributed by atoms with Crippen LogP contribution >= 0.6 is 24.0 Å². The van der Waals surface area contributed by atoms with E-state index >= 15 is 0 Å². The summed E-state index contributed by atoms with van der Waals surface area (Å²) in [6.07, 6.45) is 2.64. The molecule has 24 heavy (non-hydrogen) atoms. The first-order chi connectivity index (χ1) is 10.7. The third-order valence-corrected chi connectivity index (χ3v) is 3.58. The average Bonchev–Trinajstić information content (AvgIpc) is 3.22. The lowest BCUT2D eigenvalue weighted by Gasteiger charge is -2.26. The number of guanidine groups is 1. The molecule has 1 saturated carbocycles. The Morgan fingerprint density at radius 3 is 2.33 bits per heavy atom. The number of carbonyl (C=O) groups is 1. The van der Waals surface area contributed by atoms with E-state index in [0.29, 0.717) is 12.0 Å². The number of hydrogen-bond acceptors (Lipinski definition) is 3. The van der Waals surface area contributed by atoms with Crippen LogP contribution in [0, 0.1) is 0 Å². The summed E-state index contributed by atoms with van der Waals surface area (Å²) in [6, 6.07) is 1.33. The maximum atomic E-state index is 11.9. The third-order valence-electron chi connectivity index (χ3n) is 3.58. The van der Waals surface area contributed by atoms with E-state index < -0.39 is 0 Å². The van der Waals surface area contributed by atoms with Crippen molar-refractivity contribution in [2.24, 2.45) is 4.99 Å². The molecule has 0 unspecified atom stereocenters. The van der Waals surface area contributed by atoms with Crippen LogP contribution in [0.15, 0.2) is 4.99 Å². The van der Waals surface area contributed by atoms with E-state index in [4.69, 9.17) is 0 Å². The fourth-order valence-electron chi connectivity index (χ4n) is 2.52. The second-order valence-electron chi connectivity index (χ2n) is 7.48. The van der Waals surface area contributed by atoms with Gasteiger partial charge in [0.1, 0.15) is 6.54 Å². The summed E-state index contributed by atoms with van der Waals surface area (Å²) in [5.41, 5.74) is -0.222. The van der Waals surface area contributed by atoms with Crippen molar-refractivity contribution in [2.45, 2.75) is 72.0 Å². The molecule has 0 bridgehead atoms. The number of rotatable bonds is 8. The molecular formula is C17H36IN5O. The predicted molar refractivity (Wildman–Crippen MR) is 112 cm³/mol. The van der Waals surface area contributed by atoms with Gasteiger partial charge in [-0.1, -0.05) is 0 Å². The van der Waals surface area contributed by atoms with Crippen LogP contribution < -0.4 is 16.0 Å². The Kier molecular flexibility index (Phi) is 10.9. The molecule has 3 N–H and O–H groups in total. The van der Waals surface area contributed by atoms with E-state index in [2.05, 4.69) is 39.7 Å². The normalized spacial score (nSPS) is 15.2. The zero-order valence-electron chi connectivity index (χ0n) is 16.1. The van der Waals surface area contributed by atoms with Crippen LogP contribution in [0.25, 0.3) is 0 Å². The predicted octanol–water partition coefficient (Wildman–Crippen LogP) is 1.95. The monoisotopic (exact) mass is 453 g/mol. The summed E-state index contributed by atoms with van der Waals surface area (Å²) in [6.45, 7) is 15.2. The lowest BCUT2D eigenvalue weighted by atomic mass is 10.1. The Morgan fingerprint density at radius 1 is 1.25 bits per heavy atom. The van der Waals surface area contributed by atoms with Gasteiger partial charge in [-0.15, -0.1) is 24.0 Å². The maximum absolute atomic E-state index is 11.9. The highest BCUT2D eigenvalue weighted by Crippen LogP contribution is 2.27. The van der Waals surface area contributed by atoms with Crippen LogP contribution in [-0.4, -0.2) is 60.6 Å². The highest BCUT2D eigenvalue weighted by atomic mass is 127. The minimum atomic E-state index is -0.222. The summed E-state index contributed by atoms with van der Waals surface area (Å²) in [7, 11) is 0. The first-order valence-corrected chi connectivity index (χ1v) is 8.82. The average molecular weight is 453 g/mol. The summed E-state index contributed by atoms with van der Waals surface area (Å²) in [5.74, 6) is 0.646. The third kappa shape index (κ3) is 10.3.